The van der Waals surface area contributed by atoms with Gasteiger partial charge < -0.3 is 14.5 Å². The van der Waals surface area contributed by atoms with E-state index in [9.17, 15) is 4.79 Å². The zero-order valence-corrected chi connectivity index (χ0v) is 16.1. The van der Waals surface area contributed by atoms with Crippen LogP contribution in [-0.2, 0) is 20.7 Å². The molecule has 2 aromatic rings. The minimum atomic E-state index is -0.256. The molecule has 3 aliphatic rings. The van der Waals surface area contributed by atoms with E-state index in [0.717, 1.165) is 25.9 Å². The van der Waals surface area contributed by atoms with Crippen molar-refractivity contribution in [3.8, 4) is 0 Å². The van der Waals surface area contributed by atoms with Gasteiger partial charge in [0.15, 0.2) is 0 Å². The Bertz CT molecular complexity index is 944. The number of carbonyl (C=O) groups excluding carboxylic acids is 1. The third-order valence-electron chi connectivity index (χ3n) is 6.79. The molecule has 142 valence electrons. The predicted octanol–water partition coefficient (Wildman–Crippen LogP) is 3.49. The van der Waals surface area contributed by atoms with Gasteiger partial charge in [0, 0.05) is 41.5 Å². The Labute approximate surface area is 159 Å². The normalized spacial score (nSPS) is 30.0. The summed E-state index contributed by atoms with van der Waals surface area (Å²) in [7, 11) is 1.45. The monoisotopic (exact) mass is 366 g/mol. The van der Waals surface area contributed by atoms with Crippen molar-refractivity contribution < 1.29 is 14.3 Å². The van der Waals surface area contributed by atoms with E-state index in [-0.39, 0.29) is 18.0 Å². The summed E-state index contributed by atoms with van der Waals surface area (Å²) in [4.78, 5) is 18.6. The molecule has 0 bridgehead atoms. The molecular formula is C22H26N2O3. The lowest BCUT2D eigenvalue weighted by molar-refractivity contribution is -0.139. The van der Waals surface area contributed by atoms with Crippen molar-refractivity contribution in [2.75, 3.05) is 20.2 Å². The Kier molecular flexibility index (Phi) is 3.83. The van der Waals surface area contributed by atoms with Crippen LogP contribution in [0.1, 0.15) is 36.2 Å². The van der Waals surface area contributed by atoms with Crippen LogP contribution in [0.5, 0.6) is 0 Å². The molecule has 1 fully saturated rings. The van der Waals surface area contributed by atoms with Crippen molar-refractivity contribution in [1.82, 2.24) is 9.88 Å². The van der Waals surface area contributed by atoms with Crippen molar-refractivity contribution in [3.63, 3.8) is 0 Å². The summed E-state index contributed by atoms with van der Waals surface area (Å²) in [6.45, 7) is 6.27. The Morgan fingerprint density at radius 2 is 2.22 bits per heavy atom. The average molecular weight is 366 g/mol. The number of benzene rings is 1. The van der Waals surface area contributed by atoms with Crippen molar-refractivity contribution in [1.29, 1.82) is 0 Å². The number of aromatic nitrogens is 1. The quantitative estimate of drug-likeness (QED) is 0.785. The first-order valence-electron chi connectivity index (χ1n) is 9.85. The molecule has 0 amide bonds. The molecule has 5 rings (SSSR count). The number of piperidine rings is 1. The number of nitrogens with one attached hydrogen (secondary N) is 1. The summed E-state index contributed by atoms with van der Waals surface area (Å²) in [5.74, 6) is 0.253. The van der Waals surface area contributed by atoms with Crippen molar-refractivity contribution >= 4 is 16.9 Å². The number of carbonyl (C=O) groups is 1. The highest BCUT2D eigenvalue weighted by molar-refractivity contribution is 5.89. The molecule has 0 unspecified atom stereocenters. The predicted molar refractivity (Wildman–Crippen MR) is 103 cm³/mol. The topological polar surface area (TPSA) is 54.6 Å². The molecule has 4 atom stereocenters. The van der Waals surface area contributed by atoms with Crippen LogP contribution in [0, 0.1) is 18.8 Å². The zero-order valence-electron chi connectivity index (χ0n) is 16.1. The number of methoxy groups -OCH3 is 1. The SMILES string of the molecule is COC(=O)C1=CO[C@@H](C)[C@@H]2CN3CCc4c([nH]c5cc(C)ccc45)[C@H]3C[C@H]12. The van der Waals surface area contributed by atoms with Crippen LogP contribution in [0.25, 0.3) is 10.9 Å². The van der Waals surface area contributed by atoms with E-state index in [1.807, 2.05) is 0 Å². The Hall–Kier alpha value is -2.27. The zero-order chi connectivity index (χ0) is 18.7. The first-order chi connectivity index (χ1) is 13.1. The maximum atomic E-state index is 12.3. The van der Waals surface area contributed by atoms with Gasteiger partial charge in [-0.1, -0.05) is 12.1 Å². The molecule has 0 spiro atoms. The van der Waals surface area contributed by atoms with E-state index in [0.29, 0.717) is 17.5 Å². The first kappa shape index (κ1) is 16.9. The van der Waals surface area contributed by atoms with Crippen LogP contribution in [0.4, 0.5) is 0 Å². The highest BCUT2D eigenvalue weighted by atomic mass is 16.5. The van der Waals surface area contributed by atoms with E-state index in [1.165, 1.54) is 34.8 Å². The number of rotatable bonds is 1. The minimum absolute atomic E-state index is 0.121. The second-order valence-corrected chi connectivity index (χ2v) is 8.24. The van der Waals surface area contributed by atoms with Gasteiger partial charge in [-0.2, -0.15) is 0 Å². The Morgan fingerprint density at radius 1 is 1.37 bits per heavy atom. The highest BCUT2D eigenvalue weighted by Crippen LogP contribution is 2.47. The fourth-order valence-corrected chi connectivity index (χ4v) is 5.36. The van der Waals surface area contributed by atoms with Crippen LogP contribution in [-0.4, -0.2) is 42.2 Å². The van der Waals surface area contributed by atoms with E-state index >= 15 is 0 Å². The molecule has 0 aliphatic carbocycles. The third kappa shape index (κ3) is 2.52. The number of aromatic amines is 1. The lowest BCUT2D eigenvalue weighted by Gasteiger charge is -2.49. The molecule has 1 aromatic heterocycles. The van der Waals surface area contributed by atoms with Crippen LogP contribution >= 0.6 is 0 Å². The van der Waals surface area contributed by atoms with Gasteiger partial charge in [-0.25, -0.2) is 4.79 Å². The summed E-state index contributed by atoms with van der Waals surface area (Å²) in [5.41, 5.74) is 5.99. The van der Waals surface area contributed by atoms with Gasteiger partial charge in [-0.3, -0.25) is 4.90 Å². The second kappa shape index (κ2) is 6.13. The van der Waals surface area contributed by atoms with Crippen LogP contribution in [0.2, 0.25) is 0 Å². The second-order valence-electron chi connectivity index (χ2n) is 8.24. The van der Waals surface area contributed by atoms with Crippen molar-refractivity contribution in [2.24, 2.45) is 11.8 Å². The van der Waals surface area contributed by atoms with E-state index in [2.05, 4.69) is 41.9 Å². The molecule has 0 saturated carbocycles. The lowest BCUT2D eigenvalue weighted by Crippen LogP contribution is -2.51. The number of esters is 1. The lowest BCUT2D eigenvalue weighted by atomic mass is 9.72. The number of H-pyrrole nitrogens is 1. The van der Waals surface area contributed by atoms with E-state index < -0.39 is 0 Å². The number of ether oxygens (including phenoxy) is 2. The molecule has 0 radical (unpaired) electrons. The maximum Gasteiger partial charge on any atom is 0.337 e. The van der Waals surface area contributed by atoms with Crippen LogP contribution in [0.3, 0.4) is 0 Å². The highest BCUT2D eigenvalue weighted by Gasteiger charge is 2.46. The van der Waals surface area contributed by atoms with Crippen molar-refractivity contribution in [2.45, 2.75) is 38.8 Å². The summed E-state index contributed by atoms with van der Waals surface area (Å²) < 4.78 is 10.8. The van der Waals surface area contributed by atoms with Crippen LogP contribution in [0.15, 0.2) is 30.0 Å². The summed E-state index contributed by atoms with van der Waals surface area (Å²) in [6, 6.07) is 7.00. The number of hydrogen-bond donors (Lipinski definition) is 1. The van der Waals surface area contributed by atoms with Crippen LogP contribution < -0.4 is 0 Å². The largest absolute Gasteiger partial charge is 0.497 e. The molecular weight excluding hydrogens is 340 g/mol. The maximum absolute atomic E-state index is 12.3. The number of fused-ring (bicyclic) bond motifs is 6. The smallest absolute Gasteiger partial charge is 0.337 e. The summed E-state index contributed by atoms with van der Waals surface area (Å²) >= 11 is 0. The Balaban J connectivity index is 1.55. The molecule has 5 nitrogen and oxygen atoms in total. The summed E-state index contributed by atoms with van der Waals surface area (Å²) in [5, 5.41) is 1.35. The van der Waals surface area contributed by atoms with Gasteiger partial charge in [0.1, 0.15) is 0 Å². The standard InChI is InChI=1S/C22H26N2O3/c1-12-4-5-14-15-6-7-24-10-17-13(2)27-11-18(22(25)26-3)16(17)9-20(24)21(15)23-19(14)8-12/h4-5,8,11,13,16-17,20,23H,6-7,9-10H2,1-3H3/t13-,16-,17-,20+/m0/s1. The van der Waals surface area contributed by atoms with Gasteiger partial charge in [-0.05, 0) is 43.9 Å². The fraction of sp³-hybridized carbons (Fsp3) is 0.500. The van der Waals surface area contributed by atoms with Gasteiger partial charge in [-0.15, -0.1) is 0 Å². The molecule has 1 N–H and O–H groups in total. The fourth-order valence-electron chi connectivity index (χ4n) is 5.36. The van der Waals surface area contributed by atoms with Crippen molar-refractivity contribution in [3.05, 3.63) is 46.9 Å². The molecule has 1 aromatic carbocycles. The van der Waals surface area contributed by atoms with E-state index in [1.54, 1.807) is 6.26 Å². The average Bonchev–Trinajstić information content (AvgIpc) is 3.04. The number of aryl methyl sites for hydroxylation is 1. The van der Waals surface area contributed by atoms with Gasteiger partial charge in [0.25, 0.3) is 0 Å². The van der Waals surface area contributed by atoms with Gasteiger partial charge >= 0.3 is 5.97 Å². The molecule has 27 heavy (non-hydrogen) atoms. The molecule has 5 heteroatoms. The van der Waals surface area contributed by atoms with Gasteiger partial charge in [0.2, 0.25) is 0 Å². The first-order valence-corrected chi connectivity index (χ1v) is 9.85. The number of hydrogen-bond acceptors (Lipinski definition) is 4. The molecule has 4 heterocycles. The van der Waals surface area contributed by atoms with E-state index in [4.69, 9.17) is 9.47 Å². The Morgan fingerprint density at radius 3 is 3.04 bits per heavy atom. The third-order valence-corrected chi connectivity index (χ3v) is 6.79. The molecule has 3 aliphatic heterocycles. The minimum Gasteiger partial charge on any atom is -0.497 e. The van der Waals surface area contributed by atoms with Gasteiger partial charge in [0.05, 0.1) is 31.1 Å². The molecule has 1 saturated heterocycles. The number of nitrogens with zero attached hydrogens (tertiary/aromatic N) is 1. The summed E-state index contributed by atoms with van der Waals surface area (Å²) in [6.07, 6.45) is 3.77.